The predicted molar refractivity (Wildman–Crippen MR) is 79.7 cm³/mol. The van der Waals surface area contributed by atoms with Crippen molar-refractivity contribution in [2.45, 2.75) is 26.7 Å². The number of carbonyl (C=O) groups excluding carboxylic acids is 1. The van der Waals surface area contributed by atoms with Gasteiger partial charge in [0.1, 0.15) is 0 Å². The van der Waals surface area contributed by atoms with Crippen LogP contribution >= 0.6 is 15.9 Å². The number of halogens is 1. The Morgan fingerprint density at radius 2 is 2.20 bits per heavy atom. The van der Waals surface area contributed by atoms with Gasteiger partial charge in [0, 0.05) is 10.0 Å². The molecule has 0 spiro atoms. The summed E-state index contributed by atoms with van der Waals surface area (Å²) in [6.45, 7) is 4.02. The van der Waals surface area contributed by atoms with E-state index in [9.17, 15) is 4.79 Å². The summed E-state index contributed by atoms with van der Waals surface area (Å²) < 4.78 is 11.4. The van der Waals surface area contributed by atoms with Crippen LogP contribution in [0.5, 0.6) is 0 Å². The van der Waals surface area contributed by atoms with Crippen molar-refractivity contribution in [3.63, 3.8) is 0 Å². The smallest absolute Gasteiger partial charge is 0.376 e. The van der Waals surface area contributed by atoms with Gasteiger partial charge >= 0.3 is 5.97 Å². The number of ether oxygens (including phenoxy) is 1. The number of benzene rings is 1. The summed E-state index contributed by atoms with van der Waals surface area (Å²) in [6, 6.07) is 5.80. The fourth-order valence-corrected chi connectivity index (χ4v) is 2.16. The molecule has 106 valence electrons. The largest absolute Gasteiger partial charge is 0.463 e. The van der Waals surface area contributed by atoms with Gasteiger partial charge in [-0.05, 0) is 37.1 Å². The van der Waals surface area contributed by atoms with Crippen LogP contribution in [-0.4, -0.2) is 18.1 Å². The first-order valence-corrected chi connectivity index (χ1v) is 7.20. The zero-order valence-corrected chi connectivity index (χ0v) is 13.3. The first-order valence-electron chi connectivity index (χ1n) is 6.41. The molecule has 5 heteroatoms. The molecule has 0 aliphatic rings. The molecule has 0 fully saturated rings. The molecule has 0 saturated carbocycles. The standard InChI is InChI=1S/C15H16BrNO3/c1-4-5-12-13(15(18)19-3)20-14(17-12)10-6-7-11(16)9(2)8-10/h6-8H,4-5H2,1-3H3. The van der Waals surface area contributed by atoms with Gasteiger partial charge in [-0.1, -0.05) is 29.3 Å². The second kappa shape index (κ2) is 6.22. The summed E-state index contributed by atoms with van der Waals surface area (Å²) in [5.74, 6) is 0.162. The number of aromatic nitrogens is 1. The van der Waals surface area contributed by atoms with Crippen molar-refractivity contribution < 1.29 is 13.9 Å². The Morgan fingerprint density at radius 1 is 1.45 bits per heavy atom. The summed E-state index contributed by atoms with van der Waals surface area (Å²) in [5, 5.41) is 0. The van der Waals surface area contributed by atoms with Crippen LogP contribution in [0.3, 0.4) is 0 Å². The maximum absolute atomic E-state index is 11.7. The number of carbonyl (C=O) groups is 1. The number of esters is 1. The molecule has 1 heterocycles. The predicted octanol–water partition coefficient (Wildman–Crippen LogP) is 4.15. The minimum Gasteiger partial charge on any atom is -0.463 e. The quantitative estimate of drug-likeness (QED) is 0.786. The molecule has 0 bridgehead atoms. The molecule has 0 aliphatic heterocycles. The summed E-state index contributed by atoms with van der Waals surface area (Å²) in [7, 11) is 1.34. The third-order valence-electron chi connectivity index (χ3n) is 2.96. The molecule has 2 aromatic rings. The van der Waals surface area contributed by atoms with Crippen LogP contribution in [0.15, 0.2) is 27.1 Å². The minimum atomic E-state index is -0.485. The Morgan fingerprint density at radius 3 is 2.80 bits per heavy atom. The van der Waals surface area contributed by atoms with Crippen LogP contribution in [0.25, 0.3) is 11.5 Å². The monoisotopic (exact) mass is 337 g/mol. The number of hydrogen-bond acceptors (Lipinski definition) is 4. The van der Waals surface area contributed by atoms with Gasteiger partial charge < -0.3 is 9.15 Å². The summed E-state index contributed by atoms with van der Waals surface area (Å²) in [6.07, 6.45) is 1.57. The van der Waals surface area contributed by atoms with Crippen molar-refractivity contribution in [1.29, 1.82) is 0 Å². The molecule has 0 atom stereocenters. The fourth-order valence-electron chi connectivity index (χ4n) is 1.91. The van der Waals surface area contributed by atoms with Crippen molar-refractivity contribution in [3.8, 4) is 11.5 Å². The lowest BCUT2D eigenvalue weighted by molar-refractivity contribution is 0.0564. The van der Waals surface area contributed by atoms with E-state index in [1.54, 1.807) is 0 Å². The van der Waals surface area contributed by atoms with Crippen LogP contribution in [0.2, 0.25) is 0 Å². The van der Waals surface area contributed by atoms with E-state index in [-0.39, 0.29) is 5.76 Å². The van der Waals surface area contributed by atoms with Gasteiger partial charge in [0.2, 0.25) is 11.7 Å². The maximum atomic E-state index is 11.7. The van der Waals surface area contributed by atoms with Gasteiger partial charge in [-0.2, -0.15) is 0 Å². The lowest BCUT2D eigenvalue weighted by Gasteiger charge is -2.00. The van der Waals surface area contributed by atoms with E-state index >= 15 is 0 Å². The molecule has 4 nitrogen and oxygen atoms in total. The number of hydrogen-bond donors (Lipinski definition) is 0. The molecule has 20 heavy (non-hydrogen) atoms. The topological polar surface area (TPSA) is 52.3 Å². The van der Waals surface area contributed by atoms with E-state index in [0.717, 1.165) is 22.0 Å². The zero-order valence-electron chi connectivity index (χ0n) is 11.7. The van der Waals surface area contributed by atoms with Crippen LogP contribution in [-0.2, 0) is 11.2 Å². The number of oxazole rings is 1. The van der Waals surface area contributed by atoms with E-state index < -0.39 is 5.97 Å². The van der Waals surface area contributed by atoms with Crippen molar-refractivity contribution in [3.05, 3.63) is 39.7 Å². The van der Waals surface area contributed by atoms with Crippen LogP contribution in [0, 0.1) is 6.92 Å². The molecule has 2 rings (SSSR count). The molecular weight excluding hydrogens is 322 g/mol. The van der Waals surface area contributed by atoms with Crippen LogP contribution < -0.4 is 0 Å². The fraction of sp³-hybridized carbons (Fsp3) is 0.333. The first kappa shape index (κ1) is 14.8. The first-order chi connectivity index (χ1) is 9.56. The third-order valence-corrected chi connectivity index (χ3v) is 3.85. The van der Waals surface area contributed by atoms with Gasteiger partial charge in [-0.25, -0.2) is 9.78 Å². The Bertz CT molecular complexity index is 634. The highest BCUT2D eigenvalue weighted by Crippen LogP contribution is 2.27. The lowest BCUT2D eigenvalue weighted by Crippen LogP contribution is -2.03. The van der Waals surface area contributed by atoms with Gasteiger partial charge in [0.25, 0.3) is 0 Å². The normalized spacial score (nSPS) is 10.6. The number of rotatable bonds is 4. The molecule has 0 radical (unpaired) electrons. The Kier molecular flexibility index (Phi) is 4.60. The summed E-state index contributed by atoms with van der Waals surface area (Å²) in [5.41, 5.74) is 2.57. The lowest BCUT2D eigenvalue weighted by atomic mass is 10.1. The Hall–Kier alpha value is -1.62. The van der Waals surface area contributed by atoms with Crippen molar-refractivity contribution in [1.82, 2.24) is 4.98 Å². The van der Waals surface area contributed by atoms with E-state index in [2.05, 4.69) is 20.9 Å². The number of aryl methyl sites for hydroxylation is 2. The van der Waals surface area contributed by atoms with Crippen molar-refractivity contribution in [2.75, 3.05) is 7.11 Å². The molecule has 0 N–H and O–H groups in total. The Balaban J connectivity index is 2.46. The van der Waals surface area contributed by atoms with Crippen LogP contribution in [0.4, 0.5) is 0 Å². The van der Waals surface area contributed by atoms with Crippen LogP contribution in [0.1, 0.15) is 35.2 Å². The highest BCUT2D eigenvalue weighted by Gasteiger charge is 2.21. The van der Waals surface area contributed by atoms with Gasteiger partial charge in [0.05, 0.1) is 12.8 Å². The molecule has 1 aromatic heterocycles. The average molecular weight is 338 g/mol. The van der Waals surface area contributed by atoms with Crippen molar-refractivity contribution >= 4 is 21.9 Å². The minimum absolute atomic E-state index is 0.199. The van der Waals surface area contributed by atoms with Gasteiger partial charge in [0.15, 0.2) is 0 Å². The second-order valence-electron chi connectivity index (χ2n) is 4.50. The molecule has 0 aliphatic carbocycles. The summed E-state index contributed by atoms with van der Waals surface area (Å²) >= 11 is 3.46. The average Bonchev–Trinajstić information content (AvgIpc) is 2.85. The molecule has 1 aromatic carbocycles. The van der Waals surface area contributed by atoms with Gasteiger partial charge in [-0.15, -0.1) is 0 Å². The maximum Gasteiger partial charge on any atom is 0.376 e. The van der Waals surface area contributed by atoms with E-state index in [1.807, 2.05) is 32.0 Å². The zero-order chi connectivity index (χ0) is 14.7. The van der Waals surface area contributed by atoms with E-state index in [1.165, 1.54) is 7.11 Å². The number of nitrogens with zero attached hydrogens (tertiary/aromatic N) is 1. The van der Waals surface area contributed by atoms with Crippen molar-refractivity contribution in [2.24, 2.45) is 0 Å². The number of methoxy groups -OCH3 is 1. The SMILES string of the molecule is CCCc1nc(-c2ccc(Br)c(C)c2)oc1C(=O)OC. The Labute approximate surface area is 126 Å². The van der Waals surface area contributed by atoms with E-state index in [0.29, 0.717) is 18.0 Å². The highest BCUT2D eigenvalue weighted by molar-refractivity contribution is 9.10. The molecular formula is C15H16BrNO3. The molecule has 0 amide bonds. The summed E-state index contributed by atoms with van der Waals surface area (Å²) in [4.78, 5) is 16.1. The molecule has 0 saturated heterocycles. The third kappa shape index (κ3) is 2.93. The molecule has 0 unspecified atom stereocenters. The van der Waals surface area contributed by atoms with Gasteiger partial charge in [-0.3, -0.25) is 0 Å². The van der Waals surface area contributed by atoms with E-state index in [4.69, 9.17) is 9.15 Å². The highest BCUT2D eigenvalue weighted by atomic mass is 79.9. The second-order valence-corrected chi connectivity index (χ2v) is 5.35.